The SMILES string of the molecule is CC[C@H]1O[C@@H](C)C[C@H]1OC(=O)CCN=[N+]=[N-]. The van der Waals surface area contributed by atoms with E-state index >= 15 is 0 Å². The van der Waals surface area contributed by atoms with Gasteiger partial charge in [-0.05, 0) is 18.9 Å². The standard InChI is InChI=1S/C10H17N3O3/c1-3-8-9(6-7(2)15-8)16-10(14)4-5-12-13-11/h7-9H,3-6H2,1-2H3/t7-,8+,9+/m0/s1. The molecule has 1 aliphatic rings. The molecule has 1 saturated heterocycles. The predicted octanol–water partition coefficient (Wildman–Crippen LogP) is 2.19. The highest BCUT2D eigenvalue weighted by Gasteiger charge is 2.34. The molecule has 0 aliphatic carbocycles. The highest BCUT2D eigenvalue weighted by Crippen LogP contribution is 2.25. The van der Waals surface area contributed by atoms with Gasteiger partial charge in [-0.2, -0.15) is 0 Å². The third-order valence-electron chi connectivity index (χ3n) is 2.55. The van der Waals surface area contributed by atoms with E-state index in [-0.39, 0.29) is 37.2 Å². The van der Waals surface area contributed by atoms with E-state index in [9.17, 15) is 4.79 Å². The Labute approximate surface area is 94.5 Å². The summed E-state index contributed by atoms with van der Waals surface area (Å²) in [6.07, 6.45) is 1.69. The van der Waals surface area contributed by atoms with Crippen LogP contribution in [0.25, 0.3) is 10.4 Å². The third-order valence-corrected chi connectivity index (χ3v) is 2.55. The Bertz CT molecular complexity index is 289. The number of rotatable bonds is 5. The molecule has 0 saturated carbocycles. The van der Waals surface area contributed by atoms with Crippen LogP contribution < -0.4 is 0 Å². The van der Waals surface area contributed by atoms with Gasteiger partial charge < -0.3 is 9.47 Å². The molecule has 0 unspecified atom stereocenters. The van der Waals surface area contributed by atoms with E-state index in [1.54, 1.807) is 0 Å². The van der Waals surface area contributed by atoms with Gasteiger partial charge in [0.05, 0.1) is 18.6 Å². The summed E-state index contributed by atoms with van der Waals surface area (Å²) in [6.45, 7) is 4.12. The van der Waals surface area contributed by atoms with Gasteiger partial charge in [-0.3, -0.25) is 4.79 Å². The van der Waals surface area contributed by atoms with Crippen molar-refractivity contribution in [3.05, 3.63) is 10.4 Å². The fourth-order valence-electron chi connectivity index (χ4n) is 1.82. The molecule has 0 bridgehead atoms. The molecule has 0 amide bonds. The van der Waals surface area contributed by atoms with Crippen molar-refractivity contribution in [3.8, 4) is 0 Å². The summed E-state index contributed by atoms with van der Waals surface area (Å²) in [4.78, 5) is 14.0. The quantitative estimate of drug-likeness (QED) is 0.312. The molecule has 1 heterocycles. The Morgan fingerprint density at radius 2 is 2.44 bits per heavy atom. The zero-order valence-electron chi connectivity index (χ0n) is 9.63. The van der Waals surface area contributed by atoms with Crippen molar-refractivity contribution in [1.82, 2.24) is 0 Å². The van der Waals surface area contributed by atoms with E-state index in [1.165, 1.54) is 0 Å². The van der Waals surface area contributed by atoms with Crippen molar-refractivity contribution in [1.29, 1.82) is 0 Å². The first-order valence-corrected chi connectivity index (χ1v) is 5.53. The van der Waals surface area contributed by atoms with Crippen LogP contribution in [-0.4, -0.2) is 30.8 Å². The van der Waals surface area contributed by atoms with Gasteiger partial charge in [-0.1, -0.05) is 12.0 Å². The topological polar surface area (TPSA) is 84.3 Å². The lowest BCUT2D eigenvalue weighted by Crippen LogP contribution is -2.26. The zero-order valence-corrected chi connectivity index (χ0v) is 9.63. The molecule has 1 aliphatic heterocycles. The molecule has 1 fully saturated rings. The number of hydrogen-bond acceptors (Lipinski definition) is 4. The zero-order chi connectivity index (χ0) is 12.0. The minimum Gasteiger partial charge on any atom is -0.459 e. The van der Waals surface area contributed by atoms with Crippen LogP contribution in [0.4, 0.5) is 0 Å². The summed E-state index contributed by atoms with van der Waals surface area (Å²) in [5.74, 6) is -0.325. The highest BCUT2D eigenvalue weighted by atomic mass is 16.6. The summed E-state index contributed by atoms with van der Waals surface area (Å²) in [6, 6.07) is 0. The normalized spacial score (nSPS) is 28.5. The molecule has 90 valence electrons. The molecule has 0 aromatic rings. The van der Waals surface area contributed by atoms with Crippen molar-refractivity contribution >= 4 is 5.97 Å². The van der Waals surface area contributed by atoms with Crippen LogP contribution in [0.15, 0.2) is 5.11 Å². The lowest BCUT2D eigenvalue weighted by atomic mass is 10.1. The maximum Gasteiger partial charge on any atom is 0.306 e. The van der Waals surface area contributed by atoms with Crippen LogP contribution in [0.2, 0.25) is 0 Å². The highest BCUT2D eigenvalue weighted by molar-refractivity contribution is 5.69. The van der Waals surface area contributed by atoms with Crippen LogP contribution in [0, 0.1) is 0 Å². The molecule has 0 radical (unpaired) electrons. The Balaban J connectivity index is 2.35. The average Bonchev–Trinajstić information content (AvgIpc) is 2.59. The predicted molar refractivity (Wildman–Crippen MR) is 57.8 cm³/mol. The molecule has 3 atom stereocenters. The maximum atomic E-state index is 11.4. The van der Waals surface area contributed by atoms with Crippen LogP contribution in [-0.2, 0) is 14.3 Å². The molecular weight excluding hydrogens is 210 g/mol. The molecule has 1 rings (SSSR count). The van der Waals surface area contributed by atoms with Gasteiger partial charge in [-0.25, -0.2) is 0 Å². The number of ether oxygens (including phenoxy) is 2. The van der Waals surface area contributed by atoms with Crippen molar-refractivity contribution in [2.24, 2.45) is 5.11 Å². The molecule has 6 heteroatoms. The van der Waals surface area contributed by atoms with Gasteiger partial charge in [0.1, 0.15) is 6.10 Å². The van der Waals surface area contributed by atoms with Crippen LogP contribution in [0.5, 0.6) is 0 Å². The number of azide groups is 1. The molecule has 0 N–H and O–H groups in total. The van der Waals surface area contributed by atoms with E-state index in [0.29, 0.717) is 0 Å². The minimum atomic E-state index is -0.325. The van der Waals surface area contributed by atoms with Gasteiger partial charge in [0.15, 0.2) is 0 Å². The molecule has 6 nitrogen and oxygen atoms in total. The first-order valence-electron chi connectivity index (χ1n) is 5.53. The summed E-state index contributed by atoms with van der Waals surface area (Å²) in [7, 11) is 0. The number of hydrogen-bond donors (Lipinski definition) is 0. The van der Waals surface area contributed by atoms with Gasteiger partial charge in [0.25, 0.3) is 0 Å². The van der Waals surface area contributed by atoms with Crippen molar-refractivity contribution in [3.63, 3.8) is 0 Å². The smallest absolute Gasteiger partial charge is 0.306 e. The third kappa shape index (κ3) is 3.72. The second kappa shape index (κ2) is 6.35. The van der Waals surface area contributed by atoms with E-state index in [4.69, 9.17) is 15.0 Å². The van der Waals surface area contributed by atoms with E-state index in [1.807, 2.05) is 13.8 Å². The Hall–Kier alpha value is -1.26. The Kier molecular flexibility index (Phi) is 5.08. The molecule has 0 spiro atoms. The monoisotopic (exact) mass is 227 g/mol. The number of carbonyl (C=O) groups is 1. The van der Waals surface area contributed by atoms with E-state index < -0.39 is 0 Å². The average molecular weight is 227 g/mol. The van der Waals surface area contributed by atoms with Crippen LogP contribution in [0.1, 0.15) is 33.1 Å². The van der Waals surface area contributed by atoms with Crippen molar-refractivity contribution < 1.29 is 14.3 Å². The molecular formula is C10H17N3O3. The fourth-order valence-corrected chi connectivity index (χ4v) is 1.82. The summed E-state index contributed by atoms with van der Waals surface area (Å²) < 4.78 is 10.9. The molecule has 0 aromatic carbocycles. The summed E-state index contributed by atoms with van der Waals surface area (Å²) in [5.41, 5.74) is 8.06. The largest absolute Gasteiger partial charge is 0.459 e. The summed E-state index contributed by atoms with van der Waals surface area (Å²) >= 11 is 0. The van der Waals surface area contributed by atoms with Gasteiger partial charge in [-0.15, -0.1) is 0 Å². The number of esters is 1. The van der Waals surface area contributed by atoms with Gasteiger partial charge in [0, 0.05) is 17.9 Å². The number of carbonyl (C=O) groups excluding carboxylic acids is 1. The van der Waals surface area contributed by atoms with Crippen molar-refractivity contribution in [2.45, 2.75) is 51.4 Å². The van der Waals surface area contributed by atoms with Gasteiger partial charge >= 0.3 is 5.97 Å². The van der Waals surface area contributed by atoms with Crippen LogP contribution >= 0.6 is 0 Å². The lowest BCUT2D eigenvalue weighted by Gasteiger charge is -2.17. The first kappa shape index (κ1) is 12.8. The van der Waals surface area contributed by atoms with Crippen LogP contribution in [0.3, 0.4) is 0 Å². The second-order valence-corrected chi connectivity index (χ2v) is 3.86. The lowest BCUT2D eigenvalue weighted by molar-refractivity contribution is -0.151. The maximum absolute atomic E-state index is 11.4. The van der Waals surface area contributed by atoms with E-state index in [2.05, 4.69) is 10.0 Å². The molecule has 0 aromatic heterocycles. The number of nitrogens with zero attached hydrogens (tertiary/aromatic N) is 3. The minimum absolute atomic E-state index is 0.00146. The first-order chi connectivity index (χ1) is 7.67. The van der Waals surface area contributed by atoms with Crippen molar-refractivity contribution in [2.75, 3.05) is 6.54 Å². The molecule has 16 heavy (non-hydrogen) atoms. The Morgan fingerprint density at radius 1 is 1.69 bits per heavy atom. The summed E-state index contributed by atoms with van der Waals surface area (Å²) in [5, 5.41) is 3.29. The van der Waals surface area contributed by atoms with E-state index in [0.717, 1.165) is 12.8 Å². The fraction of sp³-hybridized carbons (Fsp3) is 0.900. The second-order valence-electron chi connectivity index (χ2n) is 3.86. The van der Waals surface area contributed by atoms with Gasteiger partial charge in [0.2, 0.25) is 0 Å². The Morgan fingerprint density at radius 3 is 3.06 bits per heavy atom.